The Kier molecular flexibility index (Phi) is 12.8. The first-order valence-electron chi connectivity index (χ1n) is 20.6. The lowest BCUT2D eigenvalue weighted by molar-refractivity contribution is -0.136. The van der Waals surface area contributed by atoms with Gasteiger partial charge in [0, 0.05) is 80.6 Å². The van der Waals surface area contributed by atoms with Crippen LogP contribution in [0.2, 0.25) is 5.02 Å². The van der Waals surface area contributed by atoms with Crippen molar-refractivity contribution in [2.24, 2.45) is 11.1 Å². The number of nitrogens with zero attached hydrogens (tertiary/aromatic N) is 3. The summed E-state index contributed by atoms with van der Waals surface area (Å²) in [6.07, 6.45) is 5.61. The first kappa shape index (κ1) is 41.6. The molecule has 3 aliphatic heterocycles. The van der Waals surface area contributed by atoms with Crippen molar-refractivity contribution in [3.63, 3.8) is 0 Å². The van der Waals surface area contributed by atoms with Crippen LogP contribution in [0.3, 0.4) is 0 Å². The molecule has 59 heavy (non-hydrogen) atoms. The smallest absolute Gasteiger partial charge is 0.264 e. The summed E-state index contributed by atoms with van der Waals surface area (Å²) in [5, 5.41) is 9.46. The highest BCUT2D eigenvalue weighted by atomic mass is 35.5. The number of nitrogens with two attached hydrogens (primary N) is 1. The van der Waals surface area contributed by atoms with Gasteiger partial charge in [-0.25, -0.2) is 0 Å². The standard InChI is InChI=1S/C45H52ClN7O6/c1-45(20-19-34(29-9-13-32(46)14-10-29)31(26-45)27-51-22-24-52(25-23-51)33-15-11-30(12-16-33)41(47)56)28-49-38(54)8-3-2-4-21-48-36-7-5-6-35-40(36)44(59)53(43(35)58)37-17-18-39(55)50-42(37)57/h5-7,9-16,37,48H,2-4,8,17-28H2,1H3,(H2,47,56)(H,49,54)(H,50,55,57). The van der Waals surface area contributed by atoms with Crippen molar-refractivity contribution in [2.45, 2.75) is 70.8 Å². The molecule has 2 saturated heterocycles. The number of benzene rings is 3. The highest BCUT2D eigenvalue weighted by molar-refractivity contribution is 6.30. The van der Waals surface area contributed by atoms with Crippen molar-refractivity contribution in [3.8, 4) is 0 Å². The molecule has 3 aromatic carbocycles. The number of allylic oxidation sites excluding steroid dienone is 1. The number of amides is 6. The number of rotatable bonds is 15. The second kappa shape index (κ2) is 18.2. The average Bonchev–Trinajstić information content (AvgIpc) is 3.48. The highest BCUT2D eigenvalue weighted by Crippen LogP contribution is 2.43. The van der Waals surface area contributed by atoms with Gasteiger partial charge in [0.15, 0.2) is 0 Å². The topological polar surface area (TPSA) is 174 Å². The van der Waals surface area contributed by atoms with Crippen LogP contribution in [-0.2, 0) is 14.4 Å². The molecule has 0 spiro atoms. The van der Waals surface area contributed by atoms with E-state index in [2.05, 4.69) is 44.8 Å². The number of hydrogen-bond acceptors (Lipinski definition) is 9. The molecule has 1 aliphatic carbocycles. The summed E-state index contributed by atoms with van der Waals surface area (Å²) in [6.45, 7) is 7.85. The molecule has 13 nitrogen and oxygen atoms in total. The lowest BCUT2D eigenvalue weighted by Crippen LogP contribution is -2.54. The first-order chi connectivity index (χ1) is 28.4. The van der Waals surface area contributed by atoms with Crippen LogP contribution in [0.15, 0.2) is 72.3 Å². The second-order valence-corrected chi connectivity index (χ2v) is 16.9. The van der Waals surface area contributed by atoms with E-state index in [4.69, 9.17) is 17.3 Å². The number of fused-ring (bicyclic) bond motifs is 1. The van der Waals surface area contributed by atoms with Gasteiger partial charge in [0.1, 0.15) is 6.04 Å². The number of nitrogens with one attached hydrogen (secondary N) is 3. The third-order valence-electron chi connectivity index (χ3n) is 12.1. The quantitative estimate of drug-likeness (QED) is 0.116. The number of halogens is 1. The van der Waals surface area contributed by atoms with Gasteiger partial charge in [-0.2, -0.15) is 0 Å². The molecule has 0 aromatic heterocycles. The molecule has 310 valence electrons. The molecule has 7 rings (SSSR count). The van der Waals surface area contributed by atoms with Crippen LogP contribution in [0, 0.1) is 5.41 Å². The normalized spacial score (nSPS) is 21.1. The Labute approximate surface area is 349 Å². The Morgan fingerprint density at radius 2 is 1.64 bits per heavy atom. The summed E-state index contributed by atoms with van der Waals surface area (Å²) in [7, 11) is 0. The maximum absolute atomic E-state index is 13.4. The van der Waals surface area contributed by atoms with Crippen LogP contribution in [-0.4, -0.2) is 97.1 Å². The van der Waals surface area contributed by atoms with Crippen molar-refractivity contribution < 1.29 is 28.8 Å². The molecule has 3 heterocycles. The van der Waals surface area contributed by atoms with Crippen LogP contribution >= 0.6 is 11.6 Å². The van der Waals surface area contributed by atoms with Crippen LogP contribution < -0.4 is 26.6 Å². The fraction of sp³-hybridized carbons (Fsp3) is 0.422. The van der Waals surface area contributed by atoms with E-state index in [1.807, 2.05) is 24.3 Å². The number of anilines is 2. The van der Waals surface area contributed by atoms with Gasteiger partial charge in [-0.15, -0.1) is 0 Å². The number of piperidine rings is 1. The number of carbonyl (C=O) groups excluding carboxylic acids is 6. The van der Waals surface area contributed by atoms with Crippen molar-refractivity contribution in [2.75, 3.05) is 56.0 Å². The Morgan fingerprint density at radius 1 is 0.898 bits per heavy atom. The molecule has 2 unspecified atom stereocenters. The number of imide groups is 2. The Balaban J connectivity index is 0.875. The van der Waals surface area contributed by atoms with E-state index in [0.717, 1.165) is 75.4 Å². The maximum Gasteiger partial charge on any atom is 0.264 e. The zero-order valence-electron chi connectivity index (χ0n) is 33.5. The van der Waals surface area contributed by atoms with Gasteiger partial charge in [0.05, 0.1) is 11.1 Å². The van der Waals surface area contributed by atoms with Gasteiger partial charge in [-0.1, -0.05) is 48.7 Å². The van der Waals surface area contributed by atoms with Crippen LogP contribution in [0.25, 0.3) is 5.57 Å². The predicted octanol–water partition coefficient (Wildman–Crippen LogP) is 5.39. The zero-order valence-corrected chi connectivity index (χ0v) is 34.2. The molecule has 3 aromatic rings. The Morgan fingerprint density at radius 3 is 2.36 bits per heavy atom. The maximum atomic E-state index is 13.4. The summed E-state index contributed by atoms with van der Waals surface area (Å²) in [6, 6.07) is 19.6. The van der Waals surface area contributed by atoms with Gasteiger partial charge in [-0.3, -0.25) is 43.9 Å². The Hall–Kier alpha value is -5.53. The second-order valence-electron chi connectivity index (χ2n) is 16.4. The minimum atomic E-state index is -1.01. The number of carbonyl (C=O) groups is 6. The van der Waals surface area contributed by atoms with Crippen LogP contribution in [0.4, 0.5) is 11.4 Å². The lowest BCUT2D eigenvalue weighted by Gasteiger charge is -2.41. The minimum absolute atomic E-state index is 0.0340. The summed E-state index contributed by atoms with van der Waals surface area (Å²) in [5.41, 5.74) is 11.9. The molecule has 2 fully saturated rings. The summed E-state index contributed by atoms with van der Waals surface area (Å²) >= 11 is 6.26. The molecule has 2 atom stereocenters. The minimum Gasteiger partial charge on any atom is -0.384 e. The average molecular weight is 822 g/mol. The molecule has 0 bridgehead atoms. The van der Waals surface area contributed by atoms with E-state index in [0.29, 0.717) is 42.2 Å². The van der Waals surface area contributed by atoms with Crippen LogP contribution in [0.5, 0.6) is 0 Å². The molecular weight excluding hydrogens is 770 g/mol. The highest BCUT2D eigenvalue weighted by Gasteiger charge is 2.45. The first-order valence-corrected chi connectivity index (χ1v) is 21.0. The van der Waals surface area contributed by atoms with E-state index in [-0.39, 0.29) is 35.3 Å². The third-order valence-corrected chi connectivity index (χ3v) is 12.4. The van der Waals surface area contributed by atoms with Gasteiger partial charge >= 0.3 is 0 Å². The fourth-order valence-electron chi connectivity index (χ4n) is 8.76. The molecule has 6 amide bonds. The summed E-state index contributed by atoms with van der Waals surface area (Å²) in [4.78, 5) is 81.0. The Bertz CT molecular complexity index is 2150. The number of piperazine rings is 1. The van der Waals surface area contributed by atoms with Crippen molar-refractivity contribution >= 4 is 64.0 Å². The monoisotopic (exact) mass is 821 g/mol. The largest absolute Gasteiger partial charge is 0.384 e. The summed E-state index contributed by atoms with van der Waals surface area (Å²) in [5.74, 6) is -2.52. The van der Waals surface area contributed by atoms with E-state index in [9.17, 15) is 28.8 Å². The van der Waals surface area contributed by atoms with Gasteiger partial charge in [0.2, 0.25) is 23.6 Å². The van der Waals surface area contributed by atoms with Gasteiger partial charge < -0.3 is 21.3 Å². The van der Waals surface area contributed by atoms with Gasteiger partial charge in [0.25, 0.3) is 11.8 Å². The number of hydrogen-bond donors (Lipinski definition) is 4. The van der Waals surface area contributed by atoms with E-state index in [1.165, 1.54) is 16.7 Å². The molecule has 0 radical (unpaired) electrons. The number of unbranched alkanes of at least 4 members (excludes halogenated alkanes) is 2. The summed E-state index contributed by atoms with van der Waals surface area (Å²) < 4.78 is 0. The van der Waals surface area contributed by atoms with E-state index in [1.54, 1.807) is 30.3 Å². The van der Waals surface area contributed by atoms with Crippen molar-refractivity contribution in [1.29, 1.82) is 0 Å². The molecule has 0 saturated carbocycles. The van der Waals surface area contributed by atoms with E-state index < -0.39 is 35.6 Å². The predicted molar refractivity (Wildman–Crippen MR) is 227 cm³/mol. The van der Waals surface area contributed by atoms with E-state index >= 15 is 0 Å². The van der Waals surface area contributed by atoms with Crippen molar-refractivity contribution in [1.82, 2.24) is 20.4 Å². The lowest BCUT2D eigenvalue weighted by atomic mass is 9.71. The number of primary amides is 1. The SMILES string of the molecule is CC1(CNC(=O)CCCCCNc2cccc3c2C(=O)N(C2CCC(=O)NC2=O)C3=O)CCC(c2ccc(Cl)cc2)=C(CN2CCN(c3ccc(C(N)=O)cc3)CC2)C1. The fourth-order valence-corrected chi connectivity index (χ4v) is 8.89. The molecule has 5 N–H and O–H groups in total. The van der Waals surface area contributed by atoms with Gasteiger partial charge in [-0.05, 0) is 104 Å². The molecule has 4 aliphatic rings. The molecular formula is C45H52ClN7O6. The molecule has 14 heteroatoms. The zero-order chi connectivity index (χ0) is 41.7. The third kappa shape index (κ3) is 9.69. The van der Waals surface area contributed by atoms with Crippen molar-refractivity contribution in [3.05, 3.63) is 99.6 Å². The van der Waals surface area contributed by atoms with Crippen LogP contribution in [0.1, 0.15) is 101 Å².